The Hall–Kier alpha value is -0.590. The maximum absolute atomic E-state index is 8.55. The first-order valence-corrected chi connectivity index (χ1v) is 7.26. The van der Waals surface area contributed by atoms with E-state index in [1.807, 2.05) is 0 Å². The molecule has 0 saturated carbocycles. The van der Waals surface area contributed by atoms with Crippen molar-refractivity contribution in [1.29, 1.82) is 5.26 Å². The van der Waals surface area contributed by atoms with Crippen LogP contribution in [-0.4, -0.2) is 36.6 Å². The molecule has 2 atom stereocenters. The number of piperidine rings is 1. The zero-order chi connectivity index (χ0) is 11.9. The number of likely N-dealkylation sites (tertiary alicyclic amines) is 1. The lowest BCUT2D eigenvalue weighted by molar-refractivity contribution is 0.118. The molecule has 2 fully saturated rings. The van der Waals surface area contributed by atoms with Gasteiger partial charge in [-0.1, -0.05) is 6.42 Å². The highest BCUT2D eigenvalue weighted by Gasteiger charge is 2.30. The summed E-state index contributed by atoms with van der Waals surface area (Å²) in [5.41, 5.74) is 0. The van der Waals surface area contributed by atoms with Gasteiger partial charge in [0.1, 0.15) is 0 Å². The van der Waals surface area contributed by atoms with Gasteiger partial charge >= 0.3 is 0 Å². The molecule has 0 aromatic heterocycles. The molecule has 0 aromatic carbocycles. The van der Waals surface area contributed by atoms with Crippen LogP contribution in [0.15, 0.2) is 0 Å². The molecule has 2 saturated heterocycles. The lowest BCUT2D eigenvalue weighted by Gasteiger charge is -2.39. The van der Waals surface area contributed by atoms with E-state index < -0.39 is 0 Å². The minimum atomic E-state index is 0.722. The van der Waals surface area contributed by atoms with E-state index in [2.05, 4.69) is 16.3 Å². The van der Waals surface area contributed by atoms with Crippen molar-refractivity contribution in [3.63, 3.8) is 0 Å². The average Bonchev–Trinajstić information content (AvgIpc) is 2.89. The Morgan fingerprint density at radius 1 is 1.18 bits per heavy atom. The molecule has 2 aliphatic rings. The second kappa shape index (κ2) is 6.98. The number of nitriles is 1. The van der Waals surface area contributed by atoms with Gasteiger partial charge in [0.05, 0.1) is 6.07 Å². The zero-order valence-electron chi connectivity index (χ0n) is 10.8. The van der Waals surface area contributed by atoms with Gasteiger partial charge in [-0.2, -0.15) is 5.26 Å². The Morgan fingerprint density at radius 3 is 2.88 bits per heavy atom. The monoisotopic (exact) mass is 235 g/mol. The molecule has 0 amide bonds. The Morgan fingerprint density at radius 2 is 2.12 bits per heavy atom. The number of hydrogen-bond donors (Lipinski definition) is 1. The maximum Gasteiger partial charge on any atom is 0.0621 e. The summed E-state index contributed by atoms with van der Waals surface area (Å²) in [4.78, 5) is 2.68. The third kappa shape index (κ3) is 3.69. The van der Waals surface area contributed by atoms with Gasteiger partial charge in [0.2, 0.25) is 0 Å². The molecule has 2 heterocycles. The molecular formula is C14H25N3. The SMILES string of the molecule is N#CCCCCN1CCCCC1C1CCCN1. The second-order valence-electron chi connectivity index (χ2n) is 5.42. The highest BCUT2D eigenvalue weighted by molar-refractivity contribution is 4.90. The lowest BCUT2D eigenvalue weighted by Crippen LogP contribution is -2.50. The summed E-state index contributed by atoms with van der Waals surface area (Å²) < 4.78 is 0. The van der Waals surface area contributed by atoms with Crippen molar-refractivity contribution in [2.45, 2.75) is 63.5 Å². The Kier molecular flexibility index (Phi) is 5.28. The number of unbranched alkanes of at least 4 members (excludes halogenated alkanes) is 2. The van der Waals surface area contributed by atoms with Crippen LogP contribution in [0, 0.1) is 11.3 Å². The second-order valence-corrected chi connectivity index (χ2v) is 5.42. The van der Waals surface area contributed by atoms with Crippen LogP contribution in [0.4, 0.5) is 0 Å². The van der Waals surface area contributed by atoms with Crippen LogP contribution in [0.3, 0.4) is 0 Å². The summed E-state index contributed by atoms with van der Waals surface area (Å²) in [7, 11) is 0. The fourth-order valence-electron chi connectivity index (χ4n) is 3.31. The number of nitrogens with zero attached hydrogens (tertiary/aromatic N) is 2. The number of hydrogen-bond acceptors (Lipinski definition) is 3. The van der Waals surface area contributed by atoms with Crippen LogP contribution in [0.25, 0.3) is 0 Å². The van der Waals surface area contributed by atoms with Gasteiger partial charge in [-0.25, -0.2) is 0 Å². The summed E-state index contributed by atoms with van der Waals surface area (Å²) in [6.07, 6.45) is 9.83. The highest BCUT2D eigenvalue weighted by Crippen LogP contribution is 2.24. The molecule has 0 bridgehead atoms. The Labute approximate surface area is 105 Å². The van der Waals surface area contributed by atoms with Crippen molar-refractivity contribution in [3.05, 3.63) is 0 Å². The summed E-state index contributed by atoms with van der Waals surface area (Å²) in [6.45, 7) is 3.68. The predicted octanol–water partition coefficient (Wildman–Crippen LogP) is 2.29. The first-order valence-electron chi connectivity index (χ1n) is 7.26. The van der Waals surface area contributed by atoms with Crippen molar-refractivity contribution in [3.8, 4) is 6.07 Å². The van der Waals surface area contributed by atoms with Gasteiger partial charge in [0.25, 0.3) is 0 Å². The number of nitrogens with one attached hydrogen (secondary N) is 1. The van der Waals surface area contributed by atoms with E-state index in [9.17, 15) is 0 Å². The standard InChI is InChI=1S/C14H25N3/c15-9-3-1-4-11-17-12-5-2-8-14(17)13-7-6-10-16-13/h13-14,16H,1-8,10-12H2. The fourth-order valence-corrected chi connectivity index (χ4v) is 3.31. The zero-order valence-corrected chi connectivity index (χ0v) is 10.8. The number of rotatable bonds is 5. The van der Waals surface area contributed by atoms with E-state index in [4.69, 9.17) is 5.26 Å². The normalized spacial score (nSPS) is 30.3. The van der Waals surface area contributed by atoms with Gasteiger partial charge in [0.15, 0.2) is 0 Å². The van der Waals surface area contributed by atoms with Crippen LogP contribution in [0.1, 0.15) is 51.4 Å². The van der Waals surface area contributed by atoms with Gasteiger partial charge in [-0.05, 0) is 58.2 Å². The smallest absolute Gasteiger partial charge is 0.0621 e. The molecule has 0 spiro atoms. The third-order valence-electron chi connectivity index (χ3n) is 4.21. The Balaban J connectivity index is 1.77. The molecule has 3 nitrogen and oxygen atoms in total. The van der Waals surface area contributed by atoms with Crippen molar-refractivity contribution < 1.29 is 0 Å². The van der Waals surface area contributed by atoms with E-state index in [-0.39, 0.29) is 0 Å². The third-order valence-corrected chi connectivity index (χ3v) is 4.21. The molecule has 2 aliphatic heterocycles. The molecule has 1 N–H and O–H groups in total. The van der Waals surface area contributed by atoms with Gasteiger partial charge in [-0.15, -0.1) is 0 Å². The van der Waals surface area contributed by atoms with E-state index in [0.29, 0.717) is 0 Å². The Bertz CT molecular complexity index is 253. The van der Waals surface area contributed by atoms with Crippen molar-refractivity contribution >= 4 is 0 Å². The van der Waals surface area contributed by atoms with Crippen LogP contribution >= 0.6 is 0 Å². The summed E-state index contributed by atoms with van der Waals surface area (Å²) in [6, 6.07) is 3.75. The van der Waals surface area contributed by atoms with Crippen molar-refractivity contribution in [1.82, 2.24) is 10.2 Å². The topological polar surface area (TPSA) is 39.1 Å². The maximum atomic E-state index is 8.55. The summed E-state index contributed by atoms with van der Waals surface area (Å²) in [5, 5.41) is 12.2. The molecule has 3 heteroatoms. The minimum absolute atomic E-state index is 0.722. The van der Waals surface area contributed by atoms with Crippen LogP contribution in [0.5, 0.6) is 0 Å². The molecular weight excluding hydrogens is 210 g/mol. The van der Waals surface area contributed by atoms with Crippen LogP contribution in [0.2, 0.25) is 0 Å². The quantitative estimate of drug-likeness (QED) is 0.743. The molecule has 0 aliphatic carbocycles. The van der Waals surface area contributed by atoms with Gasteiger partial charge < -0.3 is 5.32 Å². The summed E-state index contributed by atoms with van der Waals surface area (Å²) in [5.74, 6) is 0. The molecule has 2 unspecified atom stereocenters. The molecule has 96 valence electrons. The molecule has 0 radical (unpaired) electrons. The molecule has 0 aromatic rings. The van der Waals surface area contributed by atoms with E-state index >= 15 is 0 Å². The lowest BCUT2D eigenvalue weighted by atomic mass is 9.94. The van der Waals surface area contributed by atoms with Crippen LogP contribution in [-0.2, 0) is 0 Å². The molecule has 17 heavy (non-hydrogen) atoms. The largest absolute Gasteiger partial charge is 0.312 e. The van der Waals surface area contributed by atoms with Crippen LogP contribution < -0.4 is 5.32 Å². The van der Waals surface area contributed by atoms with Gasteiger partial charge in [-0.3, -0.25) is 4.90 Å². The van der Waals surface area contributed by atoms with E-state index in [1.54, 1.807) is 0 Å². The first-order chi connectivity index (χ1) is 8.42. The predicted molar refractivity (Wildman–Crippen MR) is 69.7 cm³/mol. The fraction of sp³-hybridized carbons (Fsp3) is 0.929. The first kappa shape index (κ1) is 12.9. The minimum Gasteiger partial charge on any atom is -0.312 e. The van der Waals surface area contributed by atoms with Crippen molar-refractivity contribution in [2.75, 3.05) is 19.6 Å². The van der Waals surface area contributed by atoms with E-state index in [0.717, 1.165) is 24.9 Å². The summed E-state index contributed by atoms with van der Waals surface area (Å²) >= 11 is 0. The molecule has 2 rings (SSSR count). The van der Waals surface area contributed by atoms with Crippen molar-refractivity contribution in [2.24, 2.45) is 0 Å². The average molecular weight is 235 g/mol. The van der Waals surface area contributed by atoms with Gasteiger partial charge in [0, 0.05) is 18.5 Å². The van der Waals surface area contributed by atoms with E-state index in [1.165, 1.54) is 58.2 Å². The highest BCUT2D eigenvalue weighted by atomic mass is 15.2.